The quantitative estimate of drug-likeness (QED) is 0.0249. The molecule has 478 valence electrons. The molecule has 83 heavy (non-hydrogen) atoms. The molecule has 0 bridgehead atoms. The van der Waals surface area contributed by atoms with E-state index in [9.17, 15) is 38.7 Å². The van der Waals surface area contributed by atoms with Gasteiger partial charge in [0.2, 0.25) is 5.91 Å². The Morgan fingerprint density at radius 2 is 0.928 bits per heavy atom. The molecule has 3 heterocycles. The van der Waals surface area contributed by atoms with Gasteiger partial charge in [0.1, 0.15) is 31.5 Å². The van der Waals surface area contributed by atoms with Crippen molar-refractivity contribution in [3.63, 3.8) is 0 Å². The number of amides is 1. The van der Waals surface area contributed by atoms with Gasteiger partial charge in [0.25, 0.3) is 5.97 Å². The highest BCUT2D eigenvalue weighted by atomic mass is 16.9. The van der Waals surface area contributed by atoms with Crippen LogP contribution in [0, 0.1) is 0 Å². The lowest BCUT2D eigenvalue weighted by atomic mass is 9.96. The predicted molar refractivity (Wildman–Crippen MR) is 306 cm³/mol. The van der Waals surface area contributed by atoms with Gasteiger partial charge in [0.15, 0.2) is 43.1 Å². The van der Waals surface area contributed by atoms with Crippen molar-refractivity contribution in [2.75, 3.05) is 19.8 Å². The third kappa shape index (κ3) is 30.1. The molecule has 0 radical (unpaired) electrons. The number of aliphatic hydroxyl groups excluding tert-OH is 1. The van der Waals surface area contributed by atoms with Crippen LogP contribution >= 0.6 is 0 Å². The number of ether oxygens (including phenoxy) is 12. The minimum atomic E-state index is -1.99. The van der Waals surface area contributed by atoms with Crippen molar-refractivity contribution in [3.8, 4) is 0 Å². The van der Waals surface area contributed by atoms with Gasteiger partial charge in [-0.05, 0) is 19.3 Å². The molecule has 3 fully saturated rings. The standard InChI is InChI=1S/C62H105NO20/c1-10-12-14-16-18-20-22-24-25-27-29-31-33-35-37-39-53(71)63-49(50(70)38-36-34-32-30-28-26-23-21-19-17-15-13-11-2)40-74-62(9)82-59-57(77-47(7)68)55(52(42-73-44(4)65)80-61(59)83-62)81-60-58(78-48(8)69)56(76-46(6)67)54(75-45(5)66)51(79-60)41-72-43(3)64/h36,38,49-52,54-61,70H,10-35,37,39-42H2,1-9H3,(H,63,71)/b38-36+/t49-,50+,51+,52+,54-,55+,56-,57-,58+,59+,60-,61+,62?/m0/s1. The molecule has 1 unspecified atom stereocenters. The Balaban J connectivity index is 1.79. The molecule has 2 N–H and O–H groups in total. The number of allylic oxidation sites excluding steroid dienone is 1. The molecule has 21 nitrogen and oxygen atoms in total. The largest absolute Gasteiger partial charge is 0.463 e. The number of aliphatic hydroxyl groups is 1. The van der Waals surface area contributed by atoms with E-state index in [1.807, 2.05) is 6.08 Å². The SMILES string of the molecule is CCCCCCCCCCCCC/C=C/[C@@H](O)[C@H](COC1(C)O[C@H]2O[C@H](COC(C)=O)[C@@H](O[C@@H]3O[C@H](COC(C)=O)[C@H](OC(C)=O)[C@H](OC(C)=O)[C@H]3OC(C)=O)[C@H](OC(C)=O)[C@H]2O1)NC(=O)CCCCCCCCCCCCCCCCC. The van der Waals surface area contributed by atoms with Crippen molar-refractivity contribution in [2.45, 2.75) is 322 Å². The number of carbonyl (C=O) groups is 7. The van der Waals surface area contributed by atoms with Crippen molar-refractivity contribution in [3.05, 3.63) is 12.2 Å². The molecule has 0 aromatic rings. The molecule has 0 spiro atoms. The molecule has 3 aliphatic heterocycles. The van der Waals surface area contributed by atoms with Crippen molar-refractivity contribution < 1.29 is 95.5 Å². The normalized spacial score (nSPS) is 25.7. The second-order valence-corrected chi connectivity index (χ2v) is 22.6. The number of unbranched alkanes of at least 4 members (excludes halogenated alkanes) is 25. The molecule has 3 aliphatic rings. The second-order valence-electron chi connectivity index (χ2n) is 22.6. The highest BCUT2D eigenvalue weighted by Crippen LogP contribution is 2.41. The average Bonchev–Trinajstić information content (AvgIpc) is 3.01. The highest BCUT2D eigenvalue weighted by Gasteiger charge is 2.61. The van der Waals surface area contributed by atoms with Crippen LogP contribution in [-0.2, 0) is 90.4 Å². The minimum Gasteiger partial charge on any atom is -0.463 e. The first kappa shape index (κ1) is 73.0. The molecule has 0 aliphatic carbocycles. The minimum absolute atomic E-state index is 0.251. The summed E-state index contributed by atoms with van der Waals surface area (Å²) >= 11 is 0. The third-order valence-corrected chi connectivity index (χ3v) is 14.9. The Hall–Kier alpha value is -4.25. The lowest BCUT2D eigenvalue weighted by Gasteiger charge is -2.47. The van der Waals surface area contributed by atoms with Crippen molar-refractivity contribution >= 4 is 41.7 Å². The number of hydrogen-bond donors (Lipinski definition) is 2. The Labute approximate surface area is 494 Å². The number of fused-ring (bicyclic) bond motifs is 1. The topological polar surface area (TPSA) is 263 Å². The predicted octanol–water partition coefficient (Wildman–Crippen LogP) is 10.1. The Bertz CT molecular complexity index is 1920. The van der Waals surface area contributed by atoms with E-state index in [2.05, 4.69) is 19.2 Å². The average molecular weight is 1180 g/mol. The number of carbonyl (C=O) groups excluding carboxylic acids is 7. The van der Waals surface area contributed by atoms with Crippen molar-refractivity contribution in [2.24, 2.45) is 0 Å². The fourth-order valence-corrected chi connectivity index (χ4v) is 10.6. The van der Waals surface area contributed by atoms with E-state index >= 15 is 0 Å². The summed E-state index contributed by atoms with van der Waals surface area (Å²) in [7, 11) is 0. The molecule has 3 rings (SSSR count). The summed E-state index contributed by atoms with van der Waals surface area (Å²) in [5.41, 5.74) is 0. The first-order valence-corrected chi connectivity index (χ1v) is 31.3. The number of hydrogen-bond acceptors (Lipinski definition) is 20. The van der Waals surface area contributed by atoms with Crippen LogP contribution in [0.3, 0.4) is 0 Å². The van der Waals surface area contributed by atoms with E-state index in [1.165, 1.54) is 129 Å². The first-order valence-electron chi connectivity index (χ1n) is 31.3. The van der Waals surface area contributed by atoms with E-state index < -0.39 is 129 Å². The van der Waals surface area contributed by atoms with Gasteiger partial charge in [0, 0.05) is 54.9 Å². The molecule has 0 aromatic carbocycles. The van der Waals surface area contributed by atoms with E-state index in [1.54, 1.807) is 6.08 Å². The van der Waals surface area contributed by atoms with Gasteiger partial charge in [0.05, 0.1) is 18.8 Å². The van der Waals surface area contributed by atoms with E-state index in [0.717, 1.165) is 86.5 Å². The summed E-state index contributed by atoms with van der Waals surface area (Å²) < 4.78 is 71.2. The van der Waals surface area contributed by atoms with Gasteiger partial charge >= 0.3 is 35.8 Å². The summed E-state index contributed by atoms with van der Waals surface area (Å²) in [6, 6.07) is -0.959. The van der Waals surface area contributed by atoms with E-state index in [0.29, 0.717) is 6.42 Å². The maximum atomic E-state index is 13.6. The molecule has 21 heteroatoms. The maximum Gasteiger partial charge on any atom is 0.303 e. The van der Waals surface area contributed by atoms with Gasteiger partial charge in [-0.2, -0.15) is 0 Å². The van der Waals surface area contributed by atoms with Crippen LogP contribution < -0.4 is 5.32 Å². The lowest BCUT2D eigenvalue weighted by molar-refractivity contribution is -0.353. The molecule has 3 saturated heterocycles. The third-order valence-electron chi connectivity index (χ3n) is 14.9. The number of nitrogens with one attached hydrogen (secondary N) is 1. The Morgan fingerprint density at radius 1 is 0.506 bits per heavy atom. The summed E-state index contributed by atoms with van der Waals surface area (Å²) in [4.78, 5) is 88.6. The maximum absolute atomic E-state index is 13.6. The fraction of sp³-hybridized carbons (Fsp3) is 0.855. The second kappa shape index (κ2) is 41.7. The smallest absolute Gasteiger partial charge is 0.303 e. The van der Waals surface area contributed by atoms with Gasteiger partial charge in [-0.3, -0.25) is 38.3 Å². The van der Waals surface area contributed by atoms with Crippen LogP contribution in [0.1, 0.15) is 242 Å². The summed E-state index contributed by atoms with van der Waals surface area (Å²) in [6.45, 7) is 11.1. The zero-order valence-corrected chi connectivity index (χ0v) is 51.7. The van der Waals surface area contributed by atoms with Crippen LogP contribution in [0.4, 0.5) is 0 Å². The molecule has 0 aromatic heterocycles. The highest BCUT2D eigenvalue weighted by molar-refractivity contribution is 5.76. The molecular formula is C62H105NO20. The van der Waals surface area contributed by atoms with Crippen LogP contribution in [0.25, 0.3) is 0 Å². The molecule has 0 saturated carbocycles. The first-order chi connectivity index (χ1) is 39.8. The van der Waals surface area contributed by atoms with E-state index in [4.69, 9.17) is 56.8 Å². The number of rotatable bonds is 44. The summed E-state index contributed by atoms with van der Waals surface area (Å²) in [5, 5.41) is 14.6. The van der Waals surface area contributed by atoms with Crippen LogP contribution in [0.15, 0.2) is 12.2 Å². The monoisotopic (exact) mass is 1180 g/mol. The molecule has 13 atom stereocenters. The van der Waals surface area contributed by atoms with Crippen LogP contribution in [0.2, 0.25) is 0 Å². The zero-order valence-electron chi connectivity index (χ0n) is 51.7. The molecular weight excluding hydrogens is 1080 g/mol. The van der Waals surface area contributed by atoms with E-state index in [-0.39, 0.29) is 18.9 Å². The fourth-order valence-electron chi connectivity index (χ4n) is 10.6. The van der Waals surface area contributed by atoms with Gasteiger partial charge in [-0.15, -0.1) is 0 Å². The van der Waals surface area contributed by atoms with Crippen LogP contribution in [-0.4, -0.2) is 146 Å². The summed E-state index contributed by atoms with van der Waals surface area (Å²) in [5.74, 6) is -7.16. The van der Waals surface area contributed by atoms with Gasteiger partial charge in [-0.1, -0.05) is 180 Å². The number of esters is 6. The molecule has 1 amide bonds. The Kier molecular flexibility index (Phi) is 36.7. The van der Waals surface area contributed by atoms with Gasteiger partial charge < -0.3 is 62.5 Å². The van der Waals surface area contributed by atoms with Crippen molar-refractivity contribution in [1.82, 2.24) is 5.32 Å². The zero-order chi connectivity index (χ0) is 61.0. The van der Waals surface area contributed by atoms with Crippen molar-refractivity contribution in [1.29, 1.82) is 0 Å². The summed E-state index contributed by atoms with van der Waals surface area (Å²) in [6.07, 6.45) is 19.5. The lowest BCUT2D eigenvalue weighted by Crippen LogP contribution is -2.66. The van der Waals surface area contributed by atoms with Gasteiger partial charge in [-0.25, -0.2) is 0 Å². The van der Waals surface area contributed by atoms with Crippen LogP contribution in [0.5, 0.6) is 0 Å². The Morgan fingerprint density at radius 3 is 1.40 bits per heavy atom.